The van der Waals surface area contributed by atoms with Gasteiger partial charge in [0.1, 0.15) is 11.9 Å². The standard InChI is InChI=1S/C11H17NO2/c1-2-11(5-6-12-8-11)10(13)9-4-3-7-14-9/h3-4,7,10,12-13H,2,5-6,8H2,1H3. The van der Waals surface area contributed by atoms with Crippen molar-refractivity contribution in [2.45, 2.75) is 25.9 Å². The van der Waals surface area contributed by atoms with Crippen molar-refractivity contribution in [1.29, 1.82) is 0 Å². The maximum absolute atomic E-state index is 10.2. The average molecular weight is 195 g/mol. The molecule has 1 aromatic rings. The van der Waals surface area contributed by atoms with Crippen LogP contribution in [0.2, 0.25) is 0 Å². The van der Waals surface area contributed by atoms with Gasteiger partial charge in [-0.2, -0.15) is 0 Å². The Bertz CT molecular complexity index is 275. The molecule has 2 heterocycles. The molecule has 3 heteroatoms. The van der Waals surface area contributed by atoms with E-state index in [2.05, 4.69) is 12.2 Å². The van der Waals surface area contributed by atoms with E-state index in [1.165, 1.54) is 0 Å². The third kappa shape index (κ3) is 1.47. The fourth-order valence-electron chi connectivity index (χ4n) is 2.24. The molecule has 0 aromatic carbocycles. The fourth-order valence-corrected chi connectivity index (χ4v) is 2.24. The second-order valence-electron chi connectivity index (χ2n) is 4.06. The molecule has 0 spiro atoms. The summed E-state index contributed by atoms with van der Waals surface area (Å²) in [5.41, 5.74) is -0.0299. The highest BCUT2D eigenvalue weighted by Crippen LogP contribution is 2.41. The van der Waals surface area contributed by atoms with Gasteiger partial charge in [-0.1, -0.05) is 6.92 Å². The molecule has 0 radical (unpaired) electrons. The summed E-state index contributed by atoms with van der Waals surface area (Å²) in [7, 11) is 0. The molecule has 1 aliphatic heterocycles. The van der Waals surface area contributed by atoms with E-state index in [4.69, 9.17) is 4.42 Å². The molecule has 2 unspecified atom stereocenters. The predicted octanol–water partition coefficient (Wildman–Crippen LogP) is 1.70. The Balaban J connectivity index is 2.19. The lowest BCUT2D eigenvalue weighted by Crippen LogP contribution is -2.30. The lowest BCUT2D eigenvalue weighted by Gasteiger charge is -2.31. The lowest BCUT2D eigenvalue weighted by atomic mass is 9.78. The van der Waals surface area contributed by atoms with Gasteiger partial charge in [-0.05, 0) is 31.5 Å². The van der Waals surface area contributed by atoms with Crippen molar-refractivity contribution < 1.29 is 9.52 Å². The number of aliphatic hydroxyl groups is 1. The second kappa shape index (κ2) is 3.75. The van der Waals surface area contributed by atoms with Gasteiger partial charge in [0.05, 0.1) is 6.26 Å². The Morgan fingerprint density at radius 2 is 2.57 bits per heavy atom. The Labute approximate surface area is 84.1 Å². The van der Waals surface area contributed by atoms with Crippen LogP contribution in [0, 0.1) is 5.41 Å². The topological polar surface area (TPSA) is 45.4 Å². The van der Waals surface area contributed by atoms with Gasteiger partial charge in [-0.25, -0.2) is 0 Å². The van der Waals surface area contributed by atoms with Crippen LogP contribution in [0.15, 0.2) is 22.8 Å². The predicted molar refractivity (Wildman–Crippen MR) is 53.9 cm³/mol. The van der Waals surface area contributed by atoms with Crippen LogP contribution in [-0.4, -0.2) is 18.2 Å². The minimum atomic E-state index is -0.475. The molecule has 78 valence electrons. The maximum atomic E-state index is 10.2. The smallest absolute Gasteiger partial charge is 0.132 e. The summed E-state index contributed by atoms with van der Waals surface area (Å²) in [6.45, 7) is 4.00. The Morgan fingerprint density at radius 3 is 3.07 bits per heavy atom. The van der Waals surface area contributed by atoms with E-state index in [1.54, 1.807) is 6.26 Å². The van der Waals surface area contributed by atoms with Gasteiger partial charge >= 0.3 is 0 Å². The van der Waals surface area contributed by atoms with Crippen LogP contribution in [0.5, 0.6) is 0 Å². The van der Waals surface area contributed by atoms with Crippen molar-refractivity contribution in [2.24, 2.45) is 5.41 Å². The first-order valence-corrected chi connectivity index (χ1v) is 5.21. The van der Waals surface area contributed by atoms with Gasteiger partial charge in [-0.15, -0.1) is 0 Å². The van der Waals surface area contributed by atoms with Crippen molar-refractivity contribution >= 4 is 0 Å². The number of rotatable bonds is 3. The summed E-state index contributed by atoms with van der Waals surface area (Å²) >= 11 is 0. The summed E-state index contributed by atoms with van der Waals surface area (Å²) in [5.74, 6) is 0.690. The summed E-state index contributed by atoms with van der Waals surface area (Å²) in [6.07, 6.45) is 3.13. The van der Waals surface area contributed by atoms with Crippen LogP contribution in [0.25, 0.3) is 0 Å². The molecule has 0 amide bonds. The summed E-state index contributed by atoms with van der Waals surface area (Å²) in [4.78, 5) is 0. The zero-order valence-corrected chi connectivity index (χ0v) is 8.49. The van der Waals surface area contributed by atoms with Crippen molar-refractivity contribution in [3.8, 4) is 0 Å². The molecule has 2 atom stereocenters. The van der Waals surface area contributed by atoms with E-state index in [9.17, 15) is 5.11 Å². The van der Waals surface area contributed by atoms with E-state index in [0.717, 1.165) is 25.9 Å². The Kier molecular flexibility index (Phi) is 2.61. The van der Waals surface area contributed by atoms with Crippen molar-refractivity contribution in [3.63, 3.8) is 0 Å². The molecule has 2 N–H and O–H groups in total. The number of nitrogens with one attached hydrogen (secondary N) is 1. The van der Waals surface area contributed by atoms with Crippen molar-refractivity contribution in [2.75, 3.05) is 13.1 Å². The first-order chi connectivity index (χ1) is 6.78. The molecular formula is C11H17NO2. The average Bonchev–Trinajstić information content (AvgIpc) is 2.89. The normalized spacial score (nSPS) is 29.3. The number of hydrogen-bond donors (Lipinski definition) is 2. The third-order valence-corrected chi connectivity index (χ3v) is 3.37. The molecule has 1 saturated heterocycles. The first-order valence-electron chi connectivity index (χ1n) is 5.21. The zero-order chi connectivity index (χ0) is 10.0. The van der Waals surface area contributed by atoms with Crippen molar-refractivity contribution in [3.05, 3.63) is 24.2 Å². The van der Waals surface area contributed by atoms with Crippen LogP contribution in [-0.2, 0) is 0 Å². The van der Waals surface area contributed by atoms with E-state index < -0.39 is 6.10 Å². The highest BCUT2D eigenvalue weighted by atomic mass is 16.4. The van der Waals surface area contributed by atoms with Crippen LogP contribution in [0.1, 0.15) is 31.6 Å². The molecule has 3 nitrogen and oxygen atoms in total. The van der Waals surface area contributed by atoms with E-state index in [0.29, 0.717) is 5.76 Å². The van der Waals surface area contributed by atoms with Crippen LogP contribution < -0.4 is 5.32 Å². The SMILES string of the molecule is CCC1(C(O)c2ccco2)CCNC1. The summed E-state index contributed by atoms with van der Waals surface area (Å²) < 4.78 is 5.26. The highest BCUT2D eigenvalue weighted by molar-refractivity contribution is 5.08. The molecule has 0 bridgehead atoms. The molecule has 0 saturated carbocycles. The summed E-state index contributed by atoms with van der Waals surface area (Å²) in [6, 6.07) is 3.67. The van der Waals surface area contributed by atoms with Crippen LogP contribution in [0.4, 0.5) is 0 Å². The molecule has 1 aliphatic rings. The minimum Gasteiger partial charge on any atom is -0.467 e. The van der Waals surface area contributed by atoms with Gasteiger partial charge < -0.3 is 14.8 Å². The van der Waals surface area contributed by atoms with E-state index in [-0.39, 0.29) is 5.41 Å². The molecule has 0 aliphatic carbocycles. The van der Waals surface area contributed by atoms with Crippen molar-refractivity contribution in [1.82, 2.24) is 5.32 Å². The molecule has 14 heavy (non-hydrogen) atoms. The lowest BCUT2D eigenvalue weighted by molar-refractivity contribution is 0.0169. The minimum absolute atomic E-state index is 0.0299. The van der Waals surface area contributed by atoms with Gasteiger partial charge in [0, 0.05) is 12.0 Å². The quantitative estimate of drug-likeness (QED) is 0.771. The molecule has 1 aromatic heterocycles. The number of furan rings is 1. The van der Waals surface area contributed by atoms with E-state index >= 15 is 0 Å². The maximum Gasteiger partial charge on any atom is 0.132 e. The monoisotopic (exact) mass is 195 g/mol. The fraction of sp³-hybridized carbons (Fsp3) is 0.636. The molecule has 1 fully saturated rings. The second-order valence-corrected chi connectivity index (χ2v) is 4.06. The van der Waals surface area contributed by atoms with Crippen LogP contribution in [0.3, 0.4) is 0 Å². The highest BCUT2D eigenvalue weighted by Gasteiger charge is 2.40. The number of aliphatic hydroxyl groups excluding tert-OH is 1. The molecule has 2 rings (SSSR count). The zero-order valence-electron chi connectivity index (χ0n) is 8.49. The Morgan fingerprint density at radius 1 is 1.71 bits per heavy atom. The van der Waals surface area contributed by atoms with Gasteiger partial charge in [0.25, 0.3) is 0 Å². The van der Waals surface area contributed by atoms with Gasteiger partial charge in [-0.3, -0.25) is 0 Å². The van der Waals surface area contributed by atoms with Gasteiger partial charge in [0.15, 0.2) is 0 Å². The number of hydrogen-bond acceptors (Lipinski definition) is 3. The summed E-state index contributed by atoms with van der Waals surface area (Å²) in [5, 5.41) is 13.5. The molecular weight excluding hydrogens is 178 g/mol. The largest absolute Gasteiger partial charge is 0.467 e. The Hall–Kier alpha value is -0.800. The first kappa shape index (κ1) is 9.74. The van der Waals surface area contributed by atoms with Crippen LogP contribution >= 0.6 is 0 Å². The van der Waals surface area contributed by atoms with Gasteiger partial charge in [0.2, 0.25) is 0 Å². The third-order valence-electron chi connectivity index (χ3n) is 3.37. The van der Waals surface area contributed by atoms with E-state index in [1.807, 2.05) is 12.1 Å².